The van der Waals surface area contributed by atoms with E-state index in [1.807, 2.05) is 77.7 Å². The third kappa shape index (κ3) is 4.23. The molecule has 0 N–H and O–H groups in total. The number of methoxy groups -OCH3 is 1. The second kappa shape index (κ2) is 9.59. The van der Waals surface area contributed by atoms with Gasteiger partial charge in [0, 0.05) is 26.2 Å². The topological polar surface area (TPSA) is 54.4 Å². The van der Waals surface area contributed by atoms with Crippen molar-refractivity contribution >= 4 is 17.4 Å². The number of aliphatic imine (C=N–C) groups is 1. The Bertz CT molecular complexity index is 1200. The zero-order valence-electron chi connectivity index (χ0n) is 19.6. The summed E-state index contributed by atoms with van der Waals surface area (Å²) < 4.78 is 11.7. The Morgan fingerprint density at radius 2 is 1.71 bits per heavy atom. The number of amides is 1. The molecule has 0 radical (unpaired) electrons. The summed E-state index contributed by atoms with van der Waals surface area (Å²) in [6.45, 7) is 4.79. The monoisotopic (exact) mass is 455 g/mol. The summed E-state index contributed by atoms with van der Waals surface area (Å²) in [5.74, 6) is 3.18. The van der Waals surface area contributed by atoms with E-state index in [1.54, 1.807) is 7.11 Å². The van der Waals surface area contributed by atoms with Crippen molar-refractivity contribution < 1.29 is 14.3 Å². The predicted molar refractivity (Wildman–Crippen MR) is 133 cm³/mol. The number of benzene rings is 3. The third-order valence-corrected chi connectivity index (χ3v) is 6.54. The maximum absolute atomic E-state index is 13.4. The summed E-state index contributed by atoms with van der Waals surface area (Å²) in [5, 5.41) is 0. The van der Waals surface area contributed by atoms with Crippen LogP contribution in [0.5, 0.6) is 17.2 Å². The molecule has 174 valence electrons. The first-order valence-corrected chi connectivity index (χ1v) is 11.8. The molecule has 0 saturated carbocycles. The van der Waals surface area contributed by atoms with E-state index in [4.69, 9.17) is 14.5 Å². The molecule has 1 fully saturated rings. The first-order chi connectivity index (χ1) is 16.7. The molecule has 1 amide bonds. The van der Waals surface area contributed by atoms with Crippen LogP contribution in [0.2, 0.25) is 0 Å². The third-order valence-electron chi connectivity index (χ3n) is 6.54. The fourth-order valence-electron chi connectivity index (χ4n) is 4.67. The molecule has 3 aromatic rings. The number of carbonyl (C=O) groups is 1. The Morgan fingerprint density at radius 3 is 2.44 bits per heavy atom. The average molecular weight is 456 g/mol. The fourth-order valence-corrected chi connectivity index (χ4v) is 4.67. The lowest BCUT2D eigenvalue weighted by molar-refractivity contribution is -0.134. The van der Waals surface area contributed by atoms with Gasteiger partial charge in [-0.2, -0.15) is 0 Å². The summed E-state index contributed by atoms with van der Waals surface area (Å²) >= 11 is 0. The van der Waals surface area contributed by atoms with E-state index in [-0.39, 0.29) is 11.8 Å². The van der Waals surface area contributed by atoms with E-state index in [0.29, 0.717) is 26.2 Å². The number of para-hydroxylation sites is 2. The zero-order chi connectivity index (χ0) is 23.5. The highest BCUT2D eigenvalue weighted by Gasteiger charge is 2.30. The highest BCUT2D eigenvalue weighted by molar-refractivity contribution is 6.04. The lowest BCUT2D eigenvalue weighted by Gasteiger charge is -2.38. The van der Waals surface area contributed by atoms with Crippen LogP contribution >= 0.6 is 0 Å². The van der Waals surface area contributed by atoms with Gasteiger partial charge in [0.15, 0.2) is 5.75 Å². The minimum absolute atomic E-state index is 0.103. The Kier molecular flexibility index (Phi) is 6.21. The van der Waals surface area contributed by atoms with Gasteiger partial charge in [-0.15, -0.1) is 0 Å². The van der Waals surface area contributed by atoms with Gasteiger partial charge in [0.1, 0.15) is 23.0 Å². The maximum atomic E-state index is 13.4. The van der Waals surface area contributed by atoms with Crippen molar-refractivity contribution in [1.29, 1.82) is 0 Å². The molecule has 1 unspecified atom stereocenters. The summed E-state index contributed by atoms with van der Waals surface area (Å²) in [6, 6.07) is 23.7. The summed E-state index contributed by atoms with van der Waals surface area (Å²) in [4.78, 5) is 22.6. The van der Waals surface area contributed by atoms with Crippen molar-refractivity contribution in [2.45, 2.75) is 19.3 Å². The molecule has 2 heterocycles. The van der Waals surface area contributed by atoms with Crippen LogP contribution in [-0.4, -0.2) is 54.8 Å². The molecule has 0 aliphatic carbocycles. The van der Waals surface area contributed by atoms with E-state index in [2.05, 4.69) is 11.8 Å². The van der Waals surface area contributed by atoms with Gasteiger partial charge in [-0.25, -0.2) is 4.99 Å². The first kappa shape index (κ1) is 22.0. The van der Waals surface area contributed by atoms with Gasteiger partial charge < -0.3 is 19.3 Å². The number of piperazine rings is 1. The van der Waals surface area contributed by atoms with E-state index in [1.165, 1.54) is 0 Å². The minimum Gasteiger partial charge on any atom is -0.497 e. The molecule has 2 aliphatic heterocycles. The molecule has 0 aromatic heterocycles. The number of fused-ring (bicyclic) bond motifs is 2. The molecular weight excluding hydrogens is 426 g/mol. The molecule has 0 spiro atoms. The number of rotatable bonds is 4. The summed E-state index contributed by atoms with van der Waals surface area (Å²) in [7, 11) is 1.66. The zero-order valence-corrected chi connectivity index (χ0v) is 19.6. The molecule has 1 atom stereocenters. The average Bonchev–Trinajstić information content (AvgIpc) is 3.06. The standard InChI is InChI=1S/C28H29N3O3/c1-3-22(20-9-5-4-6-10-20)28(32)31-17-15-30(16-18-31)27-23-19-21(33-2)13-14-25(23)34-26-12-8-7-11-24(26)29-27/h4-14,19,22H,3,15-18H2,1-2H3. The number of ether oxygens (including phenoxy) is 2. The molecule has 34 heavy (non-hydrogen) atoms. The van der Waals surface area contributed by atoms with E-state index < -0.39 is 0 Å². The number of amidine groups is 1. The van der Waals surface area contributed by atoms with Crippen LogP contribution in [0, 0.1) is 0 Å². The van der Waals surface area contributed by atoms with E-state index in [0.717, 1.165) is 46.3 Å². The van der Waals surface area contributed by atoms with Gasteiger partial charge in [0.2, 0.25) is 5.91 Å². The van der Waals surface area contributed by atoms with Gasteiger partial charge in [-0.1, -0.05) is 49.4 Å². The van der Waals surface area contributed by atoms with Crippen molar-refractivity contribution in [3.8, 4) is 17.2 Å². The van der Waals surface area contributed by atoms with Crippen LogP contribution in [0.4, 0.5) is 5.69 Å². The van der Waals surface area contributed by atoms with E-state index in [9.17, 15) is 4.79 Å². The number of hydrogen-bond acceptors (Lipinski definition) is 5. The number of hydrogen-bond donors (Lipinski definition) is 0. The highest BCUT2D eigenvalue weighted by Crippen LogP contribution is 2.39. The fraction of sp³-hybridized carbons (Fsp3) is 0.286. The van der Waals surface area contributed by atoms with Gasteiger partial charge in [-0.05, 0) is 42.3 Å². The second-order valence-electron chi connectivity index (χ2n) is 8.55. The second-order valence-corrected chi connectivity index (χ2v) is 8.55. The van der Waals surface area contributed by atoms with Gasteiger partial charge in [0.25, 0.3) is 0 Å². The van der Waals surface area contributed by atoms with Crippen LogP contribution < -0.4 is 9.47 Å². The smallest absolute Gasteiger partial charge is 0.230 e. The SMILES string of the molecule is CCC(C(=O)N1CCN(C2=Nc3ccccc3Oc3ccc(OC)cc32)CC1)c1ccccc1. The molecule has 0 bridgehead atoms. The normalized spacial score (nSPS) is 15.9. The molecule has 2 aliphatic rings. The largest absolute Gasteiger partial charge is 0.497 e. The van der Waals surface area contributed by atoms with Gasteiger partial charge in [-0.3, -0.25) is 4.79 Å². The maximum Gasteiger partial charge on any atom is 0.230 e. The Balaban J connectivity index is 1.40. The van der Waals surface area contributed by atoms with Crippen molar-refractivity contribution in [2.24, 2.45) is 4.99 Å². The lowest BCUT2D eigenvalue weighted by atomic mass is 9.94. The van der Waals surface area contributed by atoms with Crippen LogP contribution in [0.1, 0.15) is 30.4 Å². The van der Waals surface area contributed by atoms with Crippen LogP contribution in [-0.2, 0) is 4.79 Å². The Labute approximate surface area is 200 Å². The molecule has 1 saturated heterocycles. The lowest BCUT2D eigenvalue weighted by Crippen LogP contribution is -2.51. The quantitative estimate of drug-likeness (QED) is 0.541. The Morgan fingerprint density at radius 1 is 0.971 bits per heavy atom. The number of nitrogens with zero attached hydrogens (tertiary/aromatic N) is 3. The van der Waals surface area contributed by atoms with Crippen LogP contribution in [0.3, 0.4) is 0 Å². The predicted octanol–water partition coefficient (Wildman–Crippen LogP) is 5.22. The summed E-state index contributed by atoms with van der Waals surface area (Å²) in [6.07, 6.45) is 0.789. The van der Waals surface area contributed by atoms with Gasteiger partial charge >= 0.3 is 0 Å². The Hall–Kier alpha value is -3.80. The molecular formula is C28H29N3O3. The minimum atomic E-state index is -0.103. The molecule has 5 rings (SSSR count). The first-order valence-electron chi connectivity index (χ1n) is 11.8. The van der Waals surface area contributed by atoms with Crippen molar-refractivity contribution in [3.63, 3.8) is 0 Å². The molecule has 6 nitrogen and oxygen atoms in total. The molecule has 3 aromatic carbocycles. The van der Waals surface area contributed by atoms with Crippen molar-refractivity contribution in [1.82, 2.24) is 9.80 Å². The van der Waals surface area contributed by atoms with Crippen molar-refractivity contribution in [3.05, 3.63) is 83.9 Å². The van der Waals surface area contributed by atoms with Gasteiger partial charge in [0.05, 0.1) is 18.6 Å². The summed E-state index contributed by atoms with van der Waals surface area (Å²) in [5.41, 5.74) is 2.77. The van der Waals surface area contributed by atoms with Crippen LogP contribution in [0.15, 0.2) is 77.8 Å². The van der Waals surface area contributed by atoms with Crippen LogP contribution in [0.25, 0.3) is 0 Å². The highest BCUT2D eigenvalue weighted by atomic mass is 16.5. The van der Waals surface area contributed by atoms with E-state index >= 15 is 0 Å². The van der Waals surface area contributed by atoms with Crippen molar-refractivity contribution in [2.75, 3.05) is 33.3 Å². The molecule has 6 heteroatoms. The number of carbonyl (C=O) groups excluding carboxylic acids is 1.